The van der Waals surface area contributed by atoms with Crippen LogP contribution in [0.5, 0.6) is 6.01 Å². The summed E-state index contributed by atoms with van der Waals surface area (Å²) in [6.07, 6.45) is 5.48. The number of benzene rings is 1. The topological polar surface area (TPSA) is 47.5 Å². The number of likely N-dealkylation sites (tertiary alicyclic amines) is 1. The van der Waals surface area contributed by atoms with E-state index in [4.69, 9.17) is 9.47 Å². The predicted molar refractivity (Wildman–Crippen MR) is 95.3 cm³/mol. The van der Waals surface area contributed by atoms with Crippen LogP contribution in [0.25, 0.3) is 10.9 Å². The average molecular weight is 329 g/mol. The van der Waals surface area contributed by atoms with Gasteiger partial charge >= 0.3 is 6.01 Å². The number of para-hydroxylation sites is 1. The molecule has 2 heterocycles. The van der Waals surface area contributed by atoms with Crippen LogP contribution in [0.4, 0.5) is 0 Å². The normalized spacial score (nSPS) is 22.4. The van der Waals surface area contributed by atoms with Gasteiger partial charge in [0.25, 0.3) is 0 Å². The van der Waals surface area contributed by atoms with Gasteiger partial charge in [0.2, 0.25) is 0 Å². The highest BCUT2D eigenvalue weighted by Crippen LogP contribution is 2.29. The molecule has 1 saturated heterocycles. The van der Waals surface area contributed by atoms with Crippen LogP contribution in [0, 0.1) is 5.41 Å². The van der Waals surface area contributed by atoms with Crippen molar-refractivity contribution >= 4 is 10.9 Å². The minimum absolute atomic E-state index is 0.124. The number of methoxy groups -OCH3 is 1. The van der Waals surface area contributed by atoms with Crippen LogP contribution in [0.15, 0.2) is 30.5 Å². The molecule has 3 rings (SSSR count). The summed E-state index contributed by atoms with van der Waals surface area (Å²) in [4.78, 5) is 11.4. The van der Waals surface area contributed by atoms with Crippen molar-refractivity contribution in [1.29, 1.82) is 0 Å². The Hall–Kier alpha value is -1.72. The number of hydrogen-bond acceptors (Lipinski definition) is 5. The highest BCUT2D eigenvalue weighted by molar-refractivity contribution is 5.77. The molecule has 130 valence electrons. The number of hydrogen-bond donors (Lipinski definition) is 0. The molecule has 1 aromatic heterocycles. The fraction of sp³-hybridized carbons (Fsp3) is 0.579. The fourth-order valence-corrected chi connectivity index (χ4v) is 3.38. The molecule has 5 heteroatoms. The molecule has 0 spiro atoms. The Balaban J connectivity index is 1.64. The van der Waals surface area contributed by atoms with Gasteiger partial charge in [-0.15, -0.1) is 0 Å². The summed E-state index contributed by atoms with van der Waals surface area (Å²) in [5, 5.41) is 1.04. The standard InChI is InChI=1S/C19H27N3O2/c1-19(9-5-6-10-22(14-19)11-12-23-2)15-24-18-20-13-16-7-3-4-8-17(16)21-18/h3-4,7-8,13H,5-6,9-12,14-15H2,1-2H3. The maximum absolute atomic E-state index is 5.98. The van der Waals surface area contributed by atoms with E-state index in [0.717, 1.165) is 37.1 Å². The molecule has 24 heavy (non-hydrogen) atoms. The SMILES string of the molecule is COCCN1CCCCC(C)(COc2ncc3ccccc3n2)C1. The second-order valence-electron chi connectivity index (χ2n) is 7.04. The van der Waals surface area contributed by atoms with Crippen molar-refractivity contribution in [3.05, 3.63) is 30.5 Å². The van der Waals surface area contributed by atoms with E-state index in [-0.39, 0.29) is 5.41 Å². The number of rotatable bonds is 6. The van der Waals surface area contributed by atoms with Crippen molar-refractivity contribution in [2.24, 2.45) is 5.41 Å². The van der Waals surface area contributed by atoms with Crippen LogP contribution in [-0.2, 0) is 4.74 Å². The molecular formula is C19H27N3O2. The third-order valence-corrected chi connectivity index (χ3v) is 4.74. The molecule has 1 fully saturated rings. The van der Waals surface area contributed by atoms with Gasteiger partial charge in [-0.2, -0.15) is 4.98 Å². The minimum Gasteiger partial charge on any atom is -0.463 e. The Labute approximate surface area is 144 Å². The molecular weight excluding hydrogens is 302 g/mol. The summed E-state index contributed by atoms with van der Waals surface area (Å²) >= 11 is 0. The third kappa shape index (κ3) is 4.42. The Morgan fingerprint density at radius 1 is 1.25 bits per heavy atom. The summed E-state index contributed by atoms with van der Waals surface area (Å²) in [5.74, 6) is 0. The summed E-state index contributed by atoms with van der Waals surface area (Å²) in [5.41, 5.74) is 1.05. The molecule has 5 nitrogen and oxygen atoms in total. The zero-order chi connectivity index (χ0) is 16.8. The van der Waals surface area contributed by atoms with Crippen molar-refractivity contribution < 1.29 is 9.47 Å². The van der Waals surface area contributed by atoms with Gasteiger partial charge in [0.1, 0.15) is 0 Å². The highest BCUT2D eigenvalue weighted by atomic mass is 16.5. The number of nitrogens with zero attached hydrogens (tertiary/aromatic N) is 3. The summed E-state index contributed by atoms with van der Waals surface area (Å²) in [7, 11) is 1.76. The molecule has 1 unspecified atom stereocenters. The lowest BCUT2D eigenvalue weighted by atomic mass is 9.86. The number of fused-ring (bicyclic) bond motifs is 1. The molecule has 1 aliphatic rings. The predicted octanol–water partition coefficient (Wildman–Crippen LogP) is 3.15. The van der Waals surface area contributed by atoms with E-state index in [1.165, 1.54) is 19.3 Å². The molecule has 0 N–H and O–H groups in total. The van der Waals surface area contributed by atoms with Crippen molar-refractivity contribution in [3.8, 4) is 6.01 Å². The lowest BCUT2D eigenvalue weighted by Crippen LogP contribution is -2.39. The summed E-state index contributed by atoms with van der Waals surface area (Å²) in [6.45, 7) is 6.90. The second-order valence-corrected chi connectivity index (χ2v) is 7.04. The van der Waals surface area contributed by atoms with Crippen LogP contribution in [-0.4, -0.2) is 54.8 Å². The van der Waals surface area contributed by atoms with Crippen molar-refractivity contribution in [2.45, 2.75) is 26.2 Å². The smallest absolute Gasteiger partial charge is 0.316 e. The highest BCUT2D eigenvalue weighted by Gasteiger charge is 2.30. The molecule has 1 aliphatic heterocycles. The van der Waals surface area contributed by atoms with E-state index in [0.29, 0.717) is 12.6 Å². The molecule has 0 saturated carbocycles. The number of ether oxygens (including phenoxy) is 2. The first-order valence-corrected chi connectivity index (χ1v) is 8.74. The van der Waals surface area contributed by atoms with E-state index < -0.39 is 0 Å². The Morgan fingerprint density at radius 3 is 3.00 bits per heavy atom. The first-order chi connectivity index (χ1) is 11.7. The largest absolute Gasteiger partial charge is 0.463 e. The van der Waals surface area contributed by atoms with E-state index in [9.17, 15) is 0 Å². The van der Waals surface area contributed by atoms with E-state index in [1.54, 1.807) is 7.11 Å². The fourth-order valence-electron chi connectivity index (χ4n) is 3.38. The van der Waals surface area contributed by atoms with Gasteiger partial charge in [0.15, 0.2) is 0 Å². The van der Waals surface area contributed by atoms with E-state index in [2.05, 4.69) is 21.8 Å². The molecule has 0 aliphatic carbocycles. The molecule has 1 aromatic carbocycles. The van der Waals surface area contributed by atoms with Crippen molar-refractivity contribution in [1.82, 2.24) is 14.9 Å². The van der Waals surface area contributed by atoms with Gasteiger partial charge in [-0.05, 0) is 25.5 Å². The zero-order valence-corrected chi connectivity index (χ0v) is 14.7. The lowest BCUT2D eigenvalue weighted by molar-refractivity contribution is 0.0844. The first kappa shape index (κ1) is 17.1. The van der Waals surface area contributed by atoms with Gasteiger partial charge in [-0.25, -0.2) is 4.98 Å². The zero-order valence-electron chi connectivity index (χ0n) is 14.7. The molecule has 1 atom stereocenters. The number of aromatic nitrogens is 2. The van der Waals surface area contributed by atoms with Crippen LogP contribution in [0.1, 0.15) is 26.2 Å². The third-order valence-electron chi connectivity index (χ3n) is 4.74. The quantitative estimate of drug-likeness (QED) is 0.815. The van der Waals surface area contributed by atoms with Gasteiger partial charge in [-0.3, -0.25) is 0 Å². The second kappa shape index (κ2) is 7.90. The van der Waals surface area contributed by atoms with Crippen LogP contribution < -0.4 is 4.74 Å². The van der Waals surface area contributed by atoms with E-state index in [1.807, 2.05) is 30.5 Å². The Kier molecular flexibility index (Phi) is 5.63. The first-order valence-electron chi connectivity index (χ1n) is 8.74. The molecule has 0 amide bonds. The van der Waals surface area contributed by atoms with Crippen LogP contribution in [0.3, 0.4) is 0 Å². The molecule has 0 bridgehead atoms. The van der Waals surface area contributed by atoms with E-state index >= 15 is 0 Å². The summed E-state index contributed by atoms with van der Waals surface area (Å²) in [6, 6.07) is 8.46. The Morgan fingerprint density at radius 2 is 2.12 bits per heavy atom. The molecule has 2 aromatic rings. The average Bonchev–Trinajstić information content (AvgIpc) is 2.80. The monoisotopic (exact) mass is 329 g/mol. The van der Waals surface area contributed by atoms with Gasteiger partial charge in [-0.1, -0.05) is 31.5 Å². The van der Waals surface area contributed by atoms with Crippen LogP contribution in [0.2, 0.25) is 0 Å². The van der Waals surface area contributed by atoms with Crippen molar-refractivity contribution in [2.75, 3.05) is 40.0 Å². The van der Waals surface area contributed by atoms with Gasteiger partial charge < -0.3 is 14.4 Å². The maximum atomic E-state index is 5.98. The minimum atomic E-state index is 0.124. The van der Waals surface area contributed by atoms with Crippen LogP contribution >= 0.6 is 0 Å². The molecule has 0 radical (unpaired) electrons. The summed E-state index contributed by atoms with van der Waals surface area (Å²) < 4.78 is 11.2. The Bertz CT molecular complexity index is 664. The van der Waals surface area contributed by atoms with Gasteiger partial charge in [0, 0.05) is 37.2 Å². The lowest BCUT2D eigenvalue weighted by Gasteiger charge is -2.32. The van der Waals surface area contributed by atoms with Gasteiger partial charge in [0.05, 0.1) is 18.7 Å². The maximum Gasteiger partial charge on any atom is 0.316 e. The van der Waals surface area contributed by atoms with Crippen molar-refractivity contribution in [3.63, 3.8) is 0 Å².